The van der Waals surface area contributed by atoms with E-state index in [0.717, 1.165) is 17.5 Å². The zero-order valence-corrected chi connectivity index (χ0v) is 23.8. The minimum Gasteiger partial charge on any atom is -0.396 e. The molecule has 5 atom stereocenters. The Kier molecular flexibility index (Phi) is 6.98. The fourth-order valence-corrected chi connectivity index (χ4v) is 9.19. The number of rotatable bonds is 8. The summed E-state index contributed by atoms with van der Waals surface area (Å²) >= 11 is 1.60. The van der Waals surface area contributed by atoms with E-state index in [1.54, 1.807) is 26.2 Å². The Morgan fingerprint density at radius 1 is 0.975 bits per heavy atom. The van der Waals surface area contributed by atoms with Crippen LogP contribution in [-0.4, -0.2) is 101 Å². The van der Waals surface area contributed by atoms with E-state index in [2.05, 4.69) is 16.4 Å². The lowest BCUT2D eigenvalue weighted by atomic mass is 9.74. The van der Waals surface area contributed by atoms with Gasteiger partial charge in [0.15, 0.2) is 0 Å². The van der Waals surface area contributed by atoms with Crippen molar-refractivity contribution in [2.45, 2.75) is 55.3 Å². The quantitative estimate of drug-likeness (QED) is 0.386. The second-order valence-electron chi connectivity index (χ2n) is 11.3. The van der Waals surface area contributed by atoms with E-state index in [1.165, 1.54) is 0 Å². The van der Waals surface area contributed by atoms with Gasteiger partial charge in [-0.05, 0) is 38.3 Å². The summed E-state index contributed by atoms with van der Waals surface area (Å²) in [5, 5.41) is 18.0. The second kappa shape index (κ2) is 10.3. The van der Waals surface area contributed by atoms with E-state index in [9.17, 15) is 19.5 Å². The molecule has 2 saturated heterocycles. The van der Waals surface area contributed by atoms with Gasteiger partial charge in [-0.1, -0.05) is 48.6 Å². The van der Waals surface area contributed by atoms with Crippen LogP contribution >= 0.6 is 11.8 Å². The largest absolute Gasteiger partial charge is 0.396 e. The van der Waals surface area contributed by atoms with Crippen LogP contribution in [0.4, 0.5) is 0 Å². The fraction of sp³-hybridized carbons (Fsp3) is 0.552. The van der Waals surface area contributed by atoms with Crippen LogP contribution in [0.15, 0.2) is 48.6 Å². The number of unbranched alkanes of at least 4 members (excludes halogenated alkanes) is 1. The van der Waals surface area contributed by atoms with Crippen LogP contribution in [0.3, 0.4) is 0 Å². The maximum atomic E-state index is 14.5. The van der Waals surface area contributed by atoms with E-state index in [0.29, 0.717) is 39.0 Å². The normalized spacial score (nSPS) is 31.5. The molecule has 3 amide bonds. The molecule has 11 heteroatoms. The SMILES string of the molecule is CCCN1CC=C[C@@]2(C)S[C@]34C=CCN(Cn5nnc6ccccc65)C(=O)C3N(CCCCO)C(=O)[C@@H]4[C@H]2C1=O. The summed E-state index contributed by atoms with van der Waals surface area (Å²) < 4.78 is 0.226. The van der Waals surface area contributed by atoms with E-state index in [1.807, 2.05) is 61.2 Å². The maximum absolute atomic E-state index is 14.5. The van der Waals surface area contributed by atoms with Gasteiger partial charge >= 0.3 is 0 Å². The lowest BCUT2D eigenvalue weighted by molar-refractivity contribution is -0.145. The lowest BCUT2D eigenvalue weighted by Gasteiger charge is -2.36. The van der Waals surface area contributed by atoms with E-state index >= 15 is 0 Å². The topological polar surface area (TPSA) is 112 Å². The molecular formula is C29H36N6O4S. The number of nitrogens with zero attached hydrogens (tertiary/aromatic N) is 6. The Hall–Kier alpha value is -3.18. The van der Waals surface area contributed by atoms with Crippen molar-refractivity contribution >= 4 is 40.5 Å². The zero-order valence-electron chi connectivity index (χ0n) is 23.0. The van der Waals surface area contributed by atoms with E-state index in [-0.39, 0.29) is 31.0 Å². The minimum atomic E-state index is -0.874. The number of para-hydroxylation sites is 1. The molecule has 1 unspecified atom stereocenters. The van der Waals surface area contributed by atoms with Crippen LogP contribution in [0.1, 0.15) is 33.1 Å². The van der Waals surface area contributed by atoms with Gasteiger partial charge in [-0.25, -0.2) is 4.68 Å². The van der Waals surface area contributed by atoms with Crippen molar-refractivity contribution in [3.63, 3.8) is 0 Å². The van der Waals surface area contributed by atoms with Gasteiger partial charge < -0.3 is 19.8 Å². The van der Waals surface area contributed by atoms with Gasteiger partial charge in [0, 0.05) is 37.5 Å². The molecule has 2 aromatic rings. The monoisotopic (exact) mass is 564 g/mol. The number of carbonyl (C=O) groups is 3. The number of hydrogen-bond donors (Lipinski definition) is 1. The number of aliphatic hydroxyl groups is 1. The summed E-state index contributed by atoms with van der Waals surface area (Å²) in [6.45, 7) is 6.20. The highest BCUT2D eigenvalue weighted by Gasteiger charge is 2.73. The molecule has 4 aliphatic rings. The Balaban J connectivity index is 1.40. The highest BCUT2D eigenvalue weighted by atomic mass is 32.2. The summed E-state index contributed by atoms with van der Waals surface area (Å²) in [6.07, 6.45) is 10.1. The lowest BCUT2D eigenvalue weighted by Crippen LogP contribution is -2.53. The molecule has 40 heavy (non-hydrogen) atoms. The summed E-state index contributed by atoms with van der Waals surface area (Å²) in [6, 6.07) is 6.86. The molecule has 1 N–H and O–H groups in total. The first-order valence-corrected chi connectivity index (χ1v) is 15.0. The van der Waals surface area contributed by atoms with Gasteiger partial charge in [0.1, 0.15) is 18.2 Å². The van der Waals surface area contributed by atoms with Crippen LogP contribution in [0.25, 0.3) is 11.0 Å². The van der Waals surface area contributed by atoms with Crippen LogP contribution in [0, 0.1) is 11.8 Å². The van der Waals surface area contributed by atoms with Crippen molar-refractivity contribution < 1.29 is 19.5 Å². The molecule has 4 aliphatic heterocycles. The van der Waals surface area contributed by atoms with Gasteiger partial charge in [-0.15, -0.1) is 16.9 Å². The number of carbonyl (C=O) groups excluding carboxylic acids is 3. The first kappa shape index (κ1) is 27.0. The van der Waals surface area contributed by atoms with Gasteiger partial charge in [0.2, 0.25) is 17.7 Å². The number of aromatic nitrogens is 3. The molecule has 212 valence electrons. The first-order chi connectivity index (χ1) is 19.3. The van der Waals surface area contributed by atoms with Crippen molar-refractivity contribution in [1.29, 1.82) is 0 Å². The van der Waals surface area contributed by atoms with Gasteiger partial charge in [0.05, 0.1) is 22.1 Å². The predicted molar refractivity (Wildman–Crippen MR) is 152 cm³/mol. The van der Waals surface area contributed by atoms with Crippen molar-refractivity contribution in [2.75, 3.05) is 32.8 Å². The molecule has 6 rings (SSSR count). The fourth-order valence-electron chi connectivity index (χ4n) is 7.03. The molecule has 1 spiro atoms. The Bertz CT molecular complexity index is 1390. The van der Waals surface area contributed by atoms with Crippen molar-refractivity contribution in [3.05, 3.63) is 48.6 Å². The number of amides is 3. The summed E-state index contributed by atoms with van der Waals surface area (Å²) in [5.41, 5.74) is 1.58. The minimum absolute atomic E-state index is 0.0101. The maximum Gasteiger partial charge on any atom is 0.248 e. The third kappa shape index (κ3) is 4.08. The zero-order chi connectivity index (χ0) is 28.1. The van der Waals surface area contributed by atoms with Gasteiger partial charge in [-0.3, -0.25) is 14.4 Å². The summed E-state index contributed by atoms with van der Waals surface area (Å²) in [7, 11) is 0. The molecule has 1 aromatic heterocycles. The molecule has 2 fully saturated rings. The first-order valence-electron chi connectivity index (χ1n) is 14.2. The molecule has 0 radical (unpaired) electrons. The predicted octanol–water partition coefficient (Wildman–Crippen LogP) is 2.06. The van der Waals surface area contributed by atoms with Crippen molar-refractivity contribution in [1.82, 2.24) is 29.7 Å². The summed E-state index contributed by atoms with van der Waals surface area (Å²) in [5.74, 6) is -1.52. The highest BCUT2D eigenvalue weighted by Crippen LogP contribution is 2.65. The highest BCUT2D eigenvalue weighted by molar-refractivity contribution is 8.02. The van der Waals surface area contributed by atoms with Crippen molar-refractivity contribution in [2.24, 2.45) is 11.8 Å². The Morgan fingerprint density at radius 2 is 1.75 bits per heavy atom. The van der Waals surface area contributed by atoms with Crippen LogP contribution in [0.2, 0.25) is 0 Å². The number of fused-ring (bicyclic) bond motifs is 3. The van der Waals surface area contributed by atoms with Crippen LogP contribution in [-0.2, 0) is 21.1 Å². The third-order valence-corrected chi connectivity index (χ3v) is 10.5. The van der Waals surface area contributed by atoms with E-state index in [4.69, 9.17) is 0 Å². The summed E-state index contributed by atoms with van der Waals surface area (Å²) in [4.78, 5) is 48.2. The number of likely N-dealkylation sites (tertiary alicyclic amines) is 1. The van der Waals surface area contributed by atoms with Crippen LogP contribution in [0.5, 0.6) is 0 Å². The molecule has 5 heterocycles. The molecule has 10 nitrogen and oxygen atoms in total. The van der Waals surface area contributed by atoms with Gasteiger partial charge in [0.25, 0.3) is 0 Å². The molecule has 0 aliphatic carbocycles. The third-order valence-electron chi connectivity index (χ3n) is 8.75. The van der Waals surface area contributed by atoms with Crippen LogP contribution < -0.4 is 0 Å². The number of hydrogen-bond acceptors (Lipinski definition) is 7. The van der Waals surface area contributed by atoms with E-state index < -0.39 is 27.4 Å². The molecule has 0 saturated carbocycles. The standard InChI is InChI=1S/C29H36N6O4S/c1-3-14-32-15-8-12-28(2)22(25(32)37)23-26(38)34(17-6-7-18-36)24-27(39)33(16-9-13-29(23,24)40-28)19-35-21-11-5-4-10-20(21)30-31-35/h4-5,8-13,22-24,36H,3,6-7,14-19H2,1-2H3/t22-,23-,24?,28+,29-/m0/s1. The van der Waals surface area contributed by atoms with Crippen molar-refractivity contribution in [3.8, 4) is 0 Å². The number of aliphatic hydroxyl groups excluding tert-OH is 1. The molecule has 1 aromatic carbocycles. The molecular weight excluding hydrogens is 528 g/mol. The average molecular weight is 565 g/mol. The average Bonchev–Trinajstić information content (AvgIpc) is 3.47. The molecule has 0 bridgehead atoms. The Morgan fingerprint density at radius 3 is 2.55 bits per heavy atom. The second-order valence-corrected chi connectivity index (χ2v) is 13.1. The smallest absolute Gasteiger partial charge is 0.248 e. The van der Waals surface area contributed by atoms with Gasteiger partial charge in [-0.2, -0.15) is 0 Å². The number of benzene rings is 1. The Labute approximate surface area is 238 Å². The number of thioether (sulfide) groups is 1.